The lowest BCUT2D eigenvalue weighted by Crippen LogP contribution is -2.29. The van der Waals surface area contributed by atoms with E-state index < -0.39 is 0 Å². The second kappa shape index (κ2) is 8.29. The van der Waals surface area contributed by atoms with Gasteiger partial charge in [-0.3, -0.25) is 9.48 Å². The molecular weight excluding hydrogens is 436 g/mol. The van der Waals surface area contributed by atoms with Crippen LogP contribution < -0.4 is 0 Å². The van der Waals surface area contributed by atoms with E-state index in [1.165, 1.54) is 70.2 Å². The lowest BCUT2D eigenvalue weighted by atomic mass is 9.78. The summed E-state index contributed by atoms with van der Waals surface area (Å²) in [4.78, 5) is 15.8. The van der Waals surface area contributed by atoms with Gasteiger partial charge in [0.1, 0.15) is 5.76 Å². The van der Waals surface area contributed by atoms with E-state index in [0.29, 0.717) is 23.7 Å². The number of likely N-dealkylation sites (tertiary alicyclic amines) is 1. The summed E-state index contributed by atoms with van der Waals surface area (Å²) in [5.41, 5.74) is 3.29. The van der Waals surface area contributed by atoms with Crippen LogP contribution in [-0.2, 0) is 12.5 Å². The summed E-state index contributed by atoms with van der Waals surface area (Å²) in [5.74, 6) is 4.19. The van der Waals surface area contributed by atoms with Crippen LogP contribution in [0.5, 0.6) is 0 Å². The van der Waals surface area contributed by atoms with Gasteiger partial charge in [-0.1, -0.05) is 30.1 Å². The number of hydrogen-bond donors (Lipinski definition) is 0. The maximum atomic E-state index is 13.1. The minimum Gasteiger partial charge on any atom is -0.361 e. The van der Waals surface area contributed by atoms with E-state index in [-0.39, 0.29) is 5.78 Å². The van der Waals surface area contributed by atoms with Gasteiger partial charge >= 0.3 is 0 Å². The Hall–Kier alpha value is -2.47. The van der Waals surface area contributed by atoms with Crippen molar-refractivity contribution in [2.24, 2.45) is 24.8 Å². The van der Waals surface area contributed by atoms with E-state index in [1.807, 2.05) is 31.4 Å². The topological polar surface area (TPSA) is 64.2 Å². The first kappa shape index (κ1) is 21.8. The lowest BCUT2D eigenvalue weighted by molar-refractivity contribution is 0.0942. The van der Waals surface area contributed by atoms with Gasteiger partial charge in [0.05, 0.1) is 11.2 Å². The number of aromatic nitrogens is 3. The van der Waals surface area contributed by atoms with Gasteiger partial charge in [0.2, 0.25) is 0 Å². The third-order valence-electron chi connectivity index (χ3n) is 9.49. The van der Waals surface area contributed by atoms with Gasteiger partial charge < -0.3 is 9.42 Å². The first-order valence-corrected chi connectivity index (χ1v) is 13.7. The number of fused-ring (bicyclic) bond motifs is 2. The summed E-state index contributed by atoms with van der Waals surface area (Å²) in [5, 5.41) is 9.94. The zero-order valence-corrected chi connectivity index (χ0v) is 20.8. The highest BCUT2D eigenvalue weighted by molar-refractivity contribution is 6.07. The SMILES string of the molecule is Cn1cc2c(C(=O)CC3CCC(CCN4CC5CC5(c5cc(C6CC6)on5)C4)CC3)cccc2n1. The van der Waals surface area contributed by atoms with Crippen LogP contribution in [0.4, 0.5) is 0 Å². The molecule has 3 aliphatic carbocycles. The van der Waals surface area contributed by atoms with Crippen LogP contribution in [0.25, 0.3) is 10.9 Å². The minimum atomic E-state index is 0.284. The third-order valence-corrected chi connectivity index (χ3v) is 9.49. The fraction of sp³-hybridized carbons (Fsp3) is 0.621. The van der Waals surface area contributed by atoms with Crippen LogP contribution in [0, 0.1) is 17.8 Å². The van der Waals surface area contributed by atoms with Gasteiger partial charge in [-0.05, 0) is 68.9 Å². The Morgan fingerprint density at radius 3 is 2.80 bits per heavy atom. The molecule has 1 saturated heterocycles. The third kappa shape index (κ3) is 4.04. The molecule has 3 heterocycles. The Bertz CT molecular complexity index is 1250. The highest BCUT2D eigenvalue weighted by Crippen LogP contribution is 2.59. The molecule has 4 aliphatic rings. The summed E-state index contributed by atoms with van der Waals surface area (Å²) in [7, 11) is 1.92. The second-order valence-corrected chi connectivity index (χ2v) is 12.0. The molecule has 4 fully saturated rings. The fourth-order valence-corrected chi connectivity index (χ4v) is 7.10. The first-order valence-electron chi connectivity index (χ1n) is 13.7. The zero-order valence-electron chi connectivity index (χ0n) is 20.8. The molecule has 2 atom stereocenters. The molecule has 1 aliphatic heterocycles. The van der Waals surface area contributed by atoms with Crippen molar-refractivity contribution in [1.82, 2.24) is 19.8 Å². The van der Waals surface area contributed by atoms with Gasteiger partial charge in [-0.15, -0.1) is 0 Å². The number of carbonyl (C=O) groups is 1. The normalized spacial score (nSPS) is 30.6. The van der Waals surface area contributed by atoms with Crippen LogP contribution in [0.2, 0.25) is 0 Å². The van der Waals surface area contributed by atoms with Gasteiger partial charge in [-0.25, -0.2) is 0 Å². The number of piperidine rings is 1. The number of rotatable bonds is 8. The zero-order chi connectivity index (χ0) is 23.6. The molecule has 6 nitrogen and oxygen atoms in total. The number of aryl methyl sites for hydroxylation is 1. The monoisotopic (exact) mass is 472 g/mol. The molecule has 0 N–H and O–H groups in total. The molecule has 7 rings (SSSR count). The van der Waals surface area contributed by atoms with E-state index >= 15 is 0 Å². The molecule has 0 radical (unpaired) electrons. The molecular formula is C29H36N4O2. The summed E-state index contributed by atoms with van der Waals surface area (Å²) in [6.07, 6.45) is 12.7. The number of benzene rings is 1. The maximum Gasteiger partial charge on any atom is 0.163 e. The van der Waals surface area contributed by atoms with E-state index in [0.717, 1.165) is 40.6 Å². The van der Waals surface area contributed by atoms with Crippen LogP contribution in [-0.4, -0.2) is 45.3 Å². The average molecular weight is 473 g/mol. The largest absolute Gasteiger partial charge is 0.361 e. The molecule has 184 valence electrons. The minimum absolute atomic E-state index is 0.284. The highest BCUT2D eigenvalue weighted by Gasteiger charge is 2.62. The Balaban J connectivity index is 0.885. The molecule has 3 aromatic rings. The Morgan fingerprint density at radius 1 is 1.14 bits per heavy atom. The second-order valence-electron chi connectivity index (χ2n) is 12.0. The predicted octanol–water partition coefficient (Wildman–Crippen LogP) is 5.48. The van der Waals surface area contributed by atoms with Crippen molar-refractivity contribution in [2.45, 2.75) is 69.1 Å². The molecule has 0 bridgehead atoms. The van der Waals surface area contributed by atoms with Crippen molar-refractivity contribution in [3.63, 3.8) is 0 Å². The quantitative estimate of drug-likeness (QED) is 0.406. The van der Waals surface area contributed by atoms with Gasteiger partial charge in [0, 0.05) is 61.1 Å². The van der Waals surface area contributed by atoms with Crippen LogP contribution in [0.15, 0.2) is 35.0 Å². The first-order chi connectivity index (χ1) is 17.1. The molecule has 2 aromatic heterocycles. The summed E-state index contributed by atoms with van der Waals surface area (Å²) in [6.45, 7) is 3.61. The Morgan fingerprint density at radius 2 is 1.97 bits per heavy atom. The van der Waals surface area contributed by atoms with Crippen molar-refractivity contribution in [2.75, 3.05) is 19.6 Å². The molecule has 0 amide bonds. The van der Waals surface area contributed by atoms with Crippen molar-refractivity contribution >= 4 is 16.7 Å². The number of Topliss-reactive ketones (excluding diaryl/α,β-unsaturated/α-hetero) is 1. The number of carbonyl (C=O) groups excluding carboxylic acids is 1. The summed E-state index contributed by atoms with van der Waals surface area (Å²) in [6, 6.07) is 8.19. The number of hydrogen-bond acceptors (Lipinski definition) is 5. The lowest BCUT2D eigenvalue weighted by Gasteiger charge is -2.30. The van der Waals surface area contributed by atoms with Crippen molar-refractivity contribution in [3.05, 3.63) is 47.5 Å². The molecule has 3 saturated carbocycles. The van der Waals surface area contributed by atoms with Gasteiger partial charge in [-0.2, -0.15) is 5.10 Å². The summed E-state index contributed by atoms with van der Waals surface area (Å²) < 4.78 is 7.48. The number of ketones is 1. The van der Waals surface area contributed by atoms with Crippen molar-refractivity contribution in [1.29, 1.82) is 0 Å². The van der Waals surface area contributed by atoms with Crippen LogP contribution in [0.1, 0.15) is 85.5 Å². The summed E-state index contributed by atoms with van der Waals surface area (Å²) >= 11 is 0. The fourth-order valence-electron chi connectivity index (χ4n) is 7.10. The van der Waals surface area contributed by atoms with Gasteiger partial charge in [0.25, 0.3) is 0 Å². The predicted molar refractivity (Wildman–Crippen MR) is 134 cm³/mol. The standard InChI is InChI=1S/C29H36N4O2/c1-32-17-24-23(3-2-4-25(24)30-32)26(34)13-20-7-5-19(6-8-20)11-12-33-16-22-15-29(22,18-33)28-14-27(35-31-28)21-9-10-21/h2-4,14,17,19-22H,5-13,15-16,18H2,1H3. The number of nitrogens with zero attached hydrogens (tertiary/aromatic N) is 4. The van der Waals surface area contributed by atoms with Crippen molar-refractivity contribution in [3.8, 4) is 0 Å². The van der Waals surface area contributed by atoms with Gasteiger partial charge in [0.15, 0.2) is 5.78 Å². The van der Waals surface area contributed by atoms with Crippen molar-refractivity contribution < 1.29 is 9.32 Å². The smallest absolute Gasteiger partial charge is 0.163 e. The van der Waals surface area contributed by atoms with E-state index in [9.17, 15) is 4.79 Å². The molecule has 6 heteroatoms. The van der Waals surface area contributed by atoms with Crippen LogP contribution in [0.3, 0.4) is 0 Å². The Labute approximate surface area is 207 Å². The molecule has 2 unspecified atom stereocenters. The molecule has 35 heavy (non-hydrogen) atoms. The highest BCUT2D eigenvalue weighted by atomic mass is 16.5. The Kier molecular flexibility index (Phi) is 5.16. The van der Waals surface area contributed by atoms with E-state index in [2.05, 4.69) is 21.2 Å². The van der Waals surface area contributed by atoms with Crippen LogP contribution >= 0.6 is 0 Å². The average Bonchev–Trinajstić information content (AvgIpc) is 3.67. The van der Waals surface area contributed by atoms with E-state index in [4.69, 9.17) is 4.52 Å². The molecule has 1 aromatic carbocycles. The molecule has 0 spiro atoms. The van der Waals surface area contributed by atoms with E-state index in [1.54, 1.807) is 4.68 Å². The maximum absolute atomic E-state index is 13.1.